The van der Waals surface area contributed by atoms with E-state index in [1.165, 1.54) is 0 Å². The van der Waals surface area contributed by atoms with Gasteiger partial charge in [0.1, 0.15) is 5.69 Å². The van der Waals surface area contributed by atoms with Gasteiger partial charge in [0.05, 0.1) is 11.7 Å². The number of benzene rings is 1. The van der Waals surface area contributed by atoms with Gasteiger partial charge in [-0.15, -0.1) is 0 Å². The SMILES string of the molecule is CCc1nc(C=O)c(Nc2cccc(CCNC(=O)C(C)NC)c2)nc1N1CCC1. The van der Waals surface area contributed by atoms with Crippen molar-refractivity contribution in [1.29, 1.82) is 0 Å². The summed E-state index contributed by atoms with van der Waals surface area (Å²) >= 11 is 0. The fourth-order valence-electron chi connectivity index (χ4n) is 3.22. The largest absolute Gasteiger partial charge is 0.355 e. The monoisotopic (exact) mass is 410 g/mol. The number of amides is 1. The molecule has 1 aromatic heterocycles. The van der Waals surface area contributed by atoms with E-state index in [4.69, 9.17) is 4.98 Å². The van der Waals surface area contributed by atoms with Crippen LogP contribution in [-0.4, -0.2) is 54.9 Å². The van der Waals surface area contributed by atoms with Gasteiger partial charge in [-0.2, -0.15) is 0 Å². The maximum Gasteiger partial charge on any atom is 0.236 e. The third-order valence-corrected chi connectivity index (χ3v) is 5.30. The first-order valence-electron chi connectivity index (χ1n) is 10.5. The van der Waals surface area contributed by atoms with Gasteiger partial charge in [0, 0.05) is 25.3 Å². The van der Waals surface area contributed by atoms with Gasteiger partial charge in [0.15, 0.2) is 17.9 Å². The summed E-state index contributed by atoms with van der Waals surface area (Å²) in [6, 6.07) is 7.67. The van der Waals surface area contributed by atoms with E-state index in [0.717, 1.165) is 55.0 Å². The normalized spacial score (nSPS) is 14.0. The Bertz CT molecular complexity index is 897. The van der Waals surface area contributed by atoms with Crippen molar-refractivity contribution < 1.29 is 9.59 Å². The number of hydrogen-bond donors (Lipinski definition) is 3. The summed E-state index contributed by atoms with van der Waals surface area (Å²) in [7, 11) is 1.76. The van der Waals surface area contributed by atoms with Crippen LogP contribution in [0.5, 0.6) is 0 Å². The van der Waals surface area contributed by atoms with Crippen LogP contribution in [0.2, 0.25) is 0 Å². The third kappa shape index (κ3) is 5.13. The minimum Gasteiger partial charge on any atom is -0.355 e. The van der Waals surface area contributed by atoms with Crippen molar-refractivity contribution in [3.63, 3.8) is 0 Å². The van der Waals surface area contributed by atoms with Crippen molar-refractivity contribution in [2.24, 2.45) is 0 Å². The lowest BCUT2D eigenvalue weighted by Gasteiger charge is -2.33. The Morgan fingerprint density at radius 1 is 1.30 bits per heavy atom. The molecule has 0 bridgehead atoms. The predicted octanol–water partition coefficient (Wildman–Crippen LogP) is 2.07. The molecule has 8 heteroatoms. The second-order valence-corrected chi connectivity index (χ2v) is 7.42. The fraction of sp³-hybridized carbons (Fsp3) is 0.455. The molecule has 3 rings (SSSR count). The molecule has 1 aliphatic heterocycles. The van der Waals surface area contributed by atoms with E-state index < -0.39 is 0 Å². The van der Waals surface area contributed by atoms with Crippen molar-refractivity contribution in [1.82, 2.24) is 20.6 Å². The second kappa shape index (κ2) is 10.2. The van der Waals surface area contributed by atoms with Gasteiger partial charge < -0.3 is 20.9 Å². The Morgan fingerprint density at radius 3 is 2.73 bits per heavy atom. The second-order valence-electron chi connectivity index (χ2n) is 7.42. The van der Waals surface area contributed by atoms with E-state index in [-0.39, 0.29) is 11.9 Å². The summed E-state index contributed by atoms with van der Waals surface area (Å²) in [5.74, 6) is 1.30. The van der Waals surface area contributed by atoms with Gasteiger partial charge in [0.2, 0.25) is 5.91 Å². The lowest BCUT2D eigenvalue weighted by Crippen LogP contribution is -2.41. The standard InChI is InChI=1S/C22H30N6O2/c1-4-18-21(28-11-6-12-28)27-20(19(14-29)26-18)25-17-8-5-7-16(13-17)9-10-24-22(30)15(2)23-3/h5,7-8,13-15,23H,4,6,9-12H2,1-3H3,(H,24,30)(H,25,27). The van der Waals surface area contributed by atoms with Crippen LogP contribution < -0.4 is 20.9 Å². The van der Waals surface area contributed by atoms with Crippen molar-refractivity contribution in [3.8, 4) is 0 Å². The molecule has 1 aromatic carbocycles. The average molecular weight is 411 g/mol. The fourth-order valence-corrected chi connectivity index (χ4v) is 3.22. The Kier molecular flexibility index (Phi) is 7.35. The maximum atomic E-state index is 11.9. The van der Waals surface area contributed by atoms with Gasteiger partial charge in [-0.1, -0.05) is 19.1 Å². The number of rotatable bonds is 10. The van der Waals surface area contributed by atoms with Crippen molar-refractivity contribution in [3.05, 3.63) is 41.2 Å². The zero-order valence-electron chi connectivity index (χ0n) is 17.9. The van der Waals surface area contributed by atoms with Crippen molar-refractivity contribution in [2.75, 3.05) is 36.9 Å². The number of aryl methyl sites for hydroxylation is 1. The minimum absolute atomic E-state index is 0.0211. The van der Waals surface area contributed by atoms with Gasteiger partial charge in [-0.05, 0) is 50.9 Å². The van der Waals surface area contributed by atoms with E-state index in [2.05, 4.69) is 25.8 Å². The number of anilines is 3. The van der Waals surface area contributed by atoms with Crippen LogP contribution in [0.15, 0.2) is 24.3 Å². The minimum atomic E-state index is -0.218. The molecule has 0 saturated carbocycles. The van der Waals surface area contributed by atoms with Gasteiger partial charge in [-0.3, -0.25) is 9.59 Å². The number of aromatic nitrogens is 2. The van der Waals surface area contributed by atoms with Crippen LogP contribution in [0.25, 0.3) is 0 Å². The lowest BCUT2D eigenvalue weighted by molar-refractivity contribution is -0.122. The summed E-state index contributed by atoms with van der Waals surface area (Å²) in [6.07, 6.45) is 3.33. The molecule has 0 aliphatic carbocycles. The molecule has 2 aromatic rings. The van der Waals surface area contributed by atoms with Gasteiger partial charge in [0.25, 0.3) is 0 Å². The molecule has 160 valence electrons. The van der Waals surface area contributed by atoms with Crippen LogP contribution in [0, 0.1) is 0 Å². The highest BCUT2D eigenvalue weighted by Gasteiger charge is 2.22. The van der Waals surface area contributed by atoms with Gasteiger partial charge >= 0.3 is 0 Å². The molecule has 1 amide bonds. The number of carbonyl (C=O) groups excluding carboxylic acids is 2. The lowest BCUT2D eigenvalue weighted by atomic mass is 10.1. The smallest absolute Gasteiger partial charge is 0.236 e. The molecule has 1 fully saturated rings. The highest BCUT2D eigenvalue weighted by atomic mass is 16.2. The number of aldehydes is 1. The van der Waals surface area contributed by atoms with E-state index in [1.807, 2.05) is 38.1 Å². The molecular weight excluding hydrogens is 380 g/mol. The number of hydrogen-bond acceptors (Lipinski definition) is 7. The summed E-state index contributed by atoms with van der Waals surface area (Å²) in [6.45, 7) is 6.33. The Labute approximate surface area is 177 Å². The molecule has 2 heterocycles. The molecular formula is C22H30N6O2. The van der Waals surface area contributed by atoms with E-state index >= 15 is 0 Å². The third-order valence-electron chi connectivity index (χ3n) is 5.30. The summed E-state index contributed by atoms with van der Waals surface area (Å²) in [4.78, 5) is 34.9. The van der Waals surface area contributed by atoms with Crippen molar-refractivity contribution >= 4 is 29.5 Å². The molecule has 0 radical (unpaired) electrons. The van der Waals surface area contributed by atoms with E-state index in [1.54, 1.807) is 7.05 Å². The first-order chi connectivity index (χ1) is 14.5. The number of nitrogens with zero attached hydrogens (tertiary/aromatic N) is 3. The molecule has 1 aliphatic rings. The average Bonchev–Trinajstić information content (AvgIpc) is 2.72. The molecule has 1 unspecified atom stereocenters. The predicted molar refractivity (Wildman–Crippen MR) is 119 cm³/mol. The number of carbonyl (C=O) groups is 2. The first-order valence-corrected chi connectivity index (χ1v) is 10.5. The van der Waals surface area contributed by atoms with Crippen LogP contribution in [-0.2, 0) is 17.6 Å². The summed E-state index contributed by atoms with van der Waals surface area (Å²) in [5, 5.41) is 9.10. The summed E-state index contributed by atoms with van der Waals surface area (Å²) in [5.41, 5.74) is 3.07. The molecule has 8 nitrogen and oxygen atoms in total. The summed E-state index contributed by atoms with van der Waals surface area (Å²) < 4.78 is 0. The molecule has 30 heavy (non-hydrogen) atoms. The molecule has 3 N–H and O–H groups in total. The maximum absolute atomic E-state index is 11.9. The first kappa shape index (κ1) is 21.7. The molecule has 1 atom stereocenters. The van der Waals surface area contributed by atoms with Crippen LogP contribution in [0.4, 0.5) is 17.3 Å². The topological polar surface area (TPSA) is 99.2 Å². The van der Waals surface area contributed by atoms with Crippen LogP contribution in [0.3, 0.4) is 0 Å². The van der Waals surface area contributed by atoms with E-state index in [0.29, 0.717) is 24.5 Å². The zero-order chi connectivity index (χ0) is 21.5. The highest BCUT2D eigenvalue weighted by molar-refractivity contribution is 5.83. The van der Waals surface area contributed by atoms with E-state index in [9.17, 15) is 9.59 Å². The Morgan fingerprint density at radius 2 is 2.10 bits per heavy atom. The molecule has 0 spiro atoms. The Hall–Kier alpha value is -3.00. The Balaban J connectivity index is 1.72. The zero-order valence-corrected chi connectivity index (χ0v) is 17.9. The van der Waals surface area contributed by atoms with Crippen LogP contribution >= 0.6 is 0 Å². The molecule has 1 saturated heterocycles. The van der Waals surface area contributed by atoms with Gasteiger partial charge in [-0.25, -0.2) is 9.97 Å². The highest BCUT2D eigenvalue weighted by Crippen LogP contribution is 2.27. The quantitative estimate of drug-likeness (QED) is 0.516. The number of nitrogens with one attached hydrogen (secondary N) is 3. The number of likely N-dealkylation sites (N-methyl/N-ethyl adjacent to an activating group) is 1. The van der Waals surface area contributed by atoms with Crippen LogP contribution in [0.1, 0.15) is 42.0 Å². The van der Waals surface area contributed by atoms with Crippen molar-refractivity contribution in [2.45, 2.75) is 39.2 Å².